The molecule has 2 aromatic rings. The highest BCUT2D eigenvalue weighted by Gasteiger charge is 2.41. The third kappa shape index (κ3) is 2.51. The Kier molecular flexibility index (Phi) is 3.64. The Morgan fingerprint density at radius 2 is 1.92 bits per heavy atom. The average molecular weight is 326 g/mol. The van der Waals surface area contributed by atoms with E-state index in [2.05, 4.69) is 36.6 Å². The Labute approximate surface area is 142 Å². The number of hydrogen-bond acceptors (Lipinski definition) is 3. The first kappa shape index (κ1) is 15.6. The van der Waals surface area contributed by atoms with Gasteiger partial charge in [-0.2, -0.15) is 5.10 Å². The first-order valence-electron chi connectivity index (χ1n) is 8.90. The summed E-state index contributed by atoms with van der Waals surface area (Å²) in [6.45, 7) is 6.25. The van der Waals surface area contributed by atoms with Gasteiger partial charge in [0.1, 0.15) is 0 Å². The summed E-state index contributed by atoms with van der Waals surface area (Å²) in [4.78, 5) is 12.8. The van der Waals surface area contributed by atoms with Gasteiger partial charge in [-0.3, -0.25) is 9.48 Å². The molecule has 1 aromatic heterocycles. The molecule has 2 aliphatic rings. The molecular formula is C19H26N4O. The van der Waals surface area contributed by atoms with Crippen LogP contribution in [0.5, 0.6) is 0 Å². The standard InChI is InChI=1S/C19H26N4O/c1-19(2,17-15-6-4-5-7-16(15)23(3)22-17)21-18(24)12-8-13-10-20-11-14(13)9-12/h4-7,12-14,20H,8-11H2,1-3H3,(H,21,24)/t12?,13-,14+. The number of nitrogens with one attached hydrogen (secondary N) is 2. The number of aryl methyl sites for hydroxylation is 1. The topological polar surface area (TPSA) is 59.0 Å². The van der Waals surface area contributed by atoms with E-state index >= 15 is 0 Å². The molecule has 1 aliphatic heterocycles. The van der Waals surface area contributed by atoms with Crippen LogP contribution >= 0.6 is 0 Å². The molecule has 1 aromatic carbocycles. The van der Waals surface area contributed by atoms with Gasteiger partial charge in [0.2, 0.25) is 5.91 Å². The zero-order valence-corrected chi connectivity index (χ0v) is 14.7. The van der Waals surface area contributed by atoms with Crippen LogP contribution in [0.3, 0.4) is 0 Å². The van der Waals surface area contributed by atoms with Crippen LogP contribution in [0.4, 0.5) is 0 Å². The summed E-state index contributed by atoms with van der Waals surface area (Å²) in [6, 6.07) is 8.19. The number of aromatic nitrogens is 2. The van der Waals surface area contributed by atoms with E-state index in [9.17, 15) is 4.79 Å². The predicted octanol–water partition coefficient (Wildman–Crippen LogP) is 2.17. The van der Waals surface area contributed by atoms with Crippen molar-refractivity contribution >= 4 is 16.8 Å². The zero-order valence-electron chi connectivity index (χ0n) is 14.7. The highest BCUT2D eigenvalue weighted by Crippen LogP contribution is 2.39. The van der Waals surface area contributed by atoms with Crippen LogP contribution in [0.2, 0.25) is 0 Å². The Balaban J connectivity index is 1.55. The summed E-state index contributed by atoms with van der Waals surface area (Å²) in [5.74, 6) is 1.69. The quantitative estimate of drug-likeness (QED) is 0.909. The van der Waals surface area contributed by atoms with E-state index in [0.29, 0.717) is 11.8 Å². The van der Waals surface area contributed by atoms with E-state index in [1.807, 2.05) is 23.9 Å². The van der Waals surface area contributed by atoms with Crippen molar-refractivity contribution in [2.45, 2.75) is 32.2 Å². The van der Waals surface area contributed by atoms with Crippen molar-refractivity contribution in [3.8, 4) is 0 Å². The van der Waals surface area contributed by atoms with Crippen LogP contribution in [-0.2, 0) is 17.4 Å². The largest absolute Gasteiger partial charge is 0.345 e. The third-order valence-electron chi connectivity index (χ3n) is 5.81. The monoisotopic (exact) mass is 326 g/mol. The molecule has 1 unspecified atom stereocenters. The maximum atomic E-state index is 12.8. The highest BCUT2D eigenvalue weighted by molar-refractivity contribution is 5.85. The van der Waals surface area contributed by atoms with Gasteiger partial charge in [-0.05, 0) is 57.7 Å². The van der Waals surface area contributed by atoms with Gasteiger partial charge in [0.25, 0.3) is 0 Å². The zero-order chi connectivity index (χ0) is 16.9. The Hall–Kier alpha value is -1.88. The SMILES string of the molecule is Cn1nc(C(C)(C)NC(=O)C2C[C@H]3CNC[C@H]3C2)c2ccccc21. The lowest BCUT2D eigenvalue weighted by molar-refractivity contribution is -0.126. The normalized spacial score (nSPS) is 26.7. The highest BCUT2D eigenvalue weighted by atomic mass is 16.2. The molecule has 0 spiro atoms. The molecule has 1 amide bonds. The molecule has 1 aliphatic carbocycles. The van der Waals surface area contributed by atoms with Gasteiger partial charge < -0.3 is 10.6 Å². The molecular weight excluding hydrogens is 300 g/mol. The molecule has 5 heteroatoms. The van der Waals surface area contributed by atoms with E-state index < -0.39 is 5.54 Å². The molecule has 2 N–H and O–H groups in total. The second-order valence-electron chi connectivity index (χ2n) is 7.95. The molecule has 3 atom stereocenters. The van der Waals surface area contributed by atoms with Crippen LogP contribution in [0, 0.1) is 17.8 Å². The van der Waals surface area contributed by atoms with Crippen molar-refractivity contribution in [2.75, 3.05) is 13.1 Å². The van der Waals surface area contributed by atoms with Crippen LogP contribution in [0.25, 0.3) is 10.9 Å². The van der Waals surface area contributed by atoms with E-state index in [1.54, 1.807) is 0 Å². The van der Waals surface area contributed by atoms with Crippen molar-refractivity contribution in [2.24, 2.45) is 24.8 Å². The summed E-state index contributed by atoms with van der Waals surface area (Å²) >= 11 is 0. The Morgan fingerprint density at radius 1 is 1.25 bits per heavy atom. The molecule has 128 valence electrons. The lowest BCUT2D eigenvalue weighted by Gasteiger charge is -2.27. The van der Waals surface area contributed by atoms with Gasteiger partial charge in [-0.25, -0.2) is 0 Å². The fourth-order valence-corrected chi connectivity index (χ4v) is 4.52. The fraction of sp³-hybridized carbons (Fsp3) is 0.579. The molecule has 24 heavy (non-hydrogen) atoms. The molecule has 1 saturated heterocycles. The maximum Gasteiger partial charge on any atom is 0.223 e. The molecule has 0 bridgehead atoms. The molecule has 2 heterocycles. The van der Waals surface area contributed by atoms with E-state index in [-0.39, 0.29) is 11.8 Å². The number of carbonyl (C=O) groups excluding carboxylic acids is 1. The minimum absolute atomic E-state index is 0.149. The number of hydrogen-bond donors (Lipinski definition) is 2. The first-order chi connectivity index (χ1) is 11.5. The van der Waals surface area contributed by atoms with E-state index in [1.165, 1.54) is 0 Å². The molecule has 0 radical (unpaired) electrons. The van der Waals surface area contributed by atoms with Crippen LogP contribution < -0.4 is 10.6 Å². The predicted molar refractivity (Wildman–Crippen MR) is 94.5 cm³/mol. The second-order valence-corrected chi connectivity index (χ2v) is 7.95. The number of amides is 1. The van der Waals surface area contributed by atoms with Crippen molar-refractivity contribution in [3.05, 3.63) is 30.0 Å². The third-order valence-corrected chi connectivity index (χ3v) is 5.81. The van der Waals surface area contributed by atoms with Gasteiger partial charge in [0, 0.05) is 18.4 Å². The lowest BCUT2D eigenvalue weighted by Crippen LogP contribution is -2.44. The fourth-order valence-electron chi connectivity index (χ4n) is 4.52. The number of fused-ring (bicyclic) bond motifs is 2. The Morgan fingerprint density at radius 3 is 2.62 bits per heavy atom. The smallest absolute Gasteiger partial charge is 0.223 e. The summed E-state index contributed by atoms with van der Waals surface area (Å²) in [7, 11) is 1.95. The molecule has 1 saturated carbocycles. The number of para-hydroxylation sites is 1. The van der Waals surface area contributed by atoms with Gasteiger partial charge in [-0.15, -0.1) is 0 Å². The van der Waals surface area contributed by atoms with Crippen molar-refractivity contribution in [3.63, 3.8) is 0 Å². The molecule has 4 rings (SSSR count). The van der Waals surface area contributed by atoms with Crippen molar-refractivity contribution in [1.29, 1.82) is 0 Å². The van der Waals surface area contributed by atoms with E-state index in [0.717, 1.165) is 42.5 Å². The van der Waals surface area contributed by atoms with Gasteiger partial charge in [0.15, 0.2) is 0 Å². The van der Waals surface area contributed by atoms with Gasteiger partial charge >= 0.3 is 0 Å². The van der Waals surface area contributed by atoms with Crippen LogP contribution in [-0.4, -0.2) is 28.8 Å². The first-order valence-corrected chi connectivity index (χ1v) is 8.90. The average Bonchev–Trinajstić information content (AvgIpc) is 3.20. The minimum Gasteiger partial charge on any atom is -0.345 e. The number of nitrogens with zero attached hydrogens (tertiary/aromatic N) is 2. The van der Waals surface area contributed by atoms with Crippen LogP contribution in [0.1, 0.15) is 32.4 Å². The van der Waals surface area contributed by atoms with E-state index in [4.69, 9.17) is 5.10 Å². The van der Waals surface area contributed by atoms with Gasteiger partial charge in [0.05, 0.1) is 16.7 Å². The molecule has 5 nitrogen and oxygen atoms in total. The minimum atomic E-state index is -0.478. The molecule has 2 fully saturated rings. The Bertz CT molecular complexity index is 767. The number of carbonyl (C=O) groups is 1. The second kappa shape index (κ2) is 5.59. The summed E-state index contributed by atoms with van der Waals surface area (Å²) in [6.07, 6.45) is 2.03. The summed E-state index contributed by atoms with van der Waals surface area (Å²) in [5, 5.41) is 12.5. The maximum absolute atomic E-state index is 12.8. The summed E-state index contributed by atoms with van der Waals surface area (Å²) in [5.41, 5.74) is 1.55. The summed E-state index contributed by atoms with van der Waals surface area (Å²) < 4.78 is 1.89. The van der Waals surface area contributed by atoms with Crippen LogP contribution in [0.15, 0.2) is 24.3 Å². The number of benzene rings is 1. The number of rotatable bonds is 3. The van der Waals surface area contributed by atoms with Crippen molar-refractivity contribution in [1.82, 2.24) is 20.4 Å². The lowest BCUT2D eigenvalue weighted by atomic mass is 9.95. The van der Waals surface area contributed by atoms with Gasteiger partial charge in [-0.1, -0.05) is 18.2 Å². The van der Waals surface area contributed by atoms with Crippen molar-refractivity contribution < 1.29 is 4.79 Å².